The van der Waals surface area contributed by atoms with Gasteiger partial charge in [-0.05, 0) is 32.9 Å². The zero-order chi connectivity index (χ0) is 20.4. The number of amides is 1. The van der Waals surface area contributed by atoms with Crippen LogP contribution in [0.15, 0.2) is 29.2 Å². The first-order valence-corrected chi connectivity index (χ1v) is 9.70. The first-order valence-electron chi connectivity index (χ1n) is 8.29. The lowest BCUT2D eigenvalue weighted by molar-refractivity contribution is -0.145. The smallest absolute Gasteiger partial charge is 0.411 e. The predicted octanol–water partition coefficient (Wildman–Crippen LogP) is 0.737. The van der Waals surface area contributed by atoms with Gasteiger partial charge in [-0.15, -0.1) is 0 Å². The highest BCUT2D eigenvalue weighted by Crippen LogP contribution is 2.26. The van der Waals surface area contributed by atoms with Crippen molar-refractivity contribution in [1.29, 1.82) is 0 Å². The van der Waals surface area contributed by atoms with Crippen molar-refractivity contribution in [2.24, 2.45) is 0 Å². The van der Waals surface area contributed by atoms with Gasteiger partial charge in [0.15, 0.2) is 0 Å². The normalized spacial score (nSPS) is 20.4. The van der Waals surface area contributed by atoms with E-state index in [1.54, 1.807) is 20.8 Å². The molecule has 0 unspecified atom stereocenters. The van der Waals surface area contributed by atoms with Crippen molar-refractivity contribution < 1.29 is 31.7 Å². The number of hydrogen-bond acceptors (Lipinski definition) is 7. The lowest BCUT2D eigenvalue weighted by Crippen LogP contribution is -2.44. The van der Waals surface area contributed by atoms with Crippen molar-refractivity contribution in [2.45, 2.75) is 49.8 Å². The molecule has 1 saturated heterocycles. The second-order valence-electron chi connectivity index (χ2n) is 7.15. The molecule has 1 aromatic carbocycles. The van der Waals surface area contributed by atoms with E-state index in [-0.39, 0.29) is 17.9 Å². The third kappa shape index (κ3) is 5.46. The number of rotatable bonds is 4. The van der Waals surface area contributed by atoms with Gasteiger partial charge in [-0.2, -0.15) is 8.42 Å². The predicted molar refractivity (Wildman–Crippen MR) is 97.2 cm³/mol. The Morgan fingerprint density at radius 3 is 2.30 bits per heavy atom. The first-order chi connectivity index (χ1) is 12.4. The second-order valence-corrected chi connectivity index (χ2v) is 8.72. The molecule has 8 nitrogen and oxygen atoms in total. The van der Waals surface area contributed by atoms with E-state index in [0.29, 0.717) is 5.46 Å². The van der Waals surface area contributed by atoms with E-state index in [0.717, 1.165) is 4.90 Å². The molecule has 0 bridgehead atoms. The molecule has 1 fully saturated rings. The average molecular weight is 395 g/mol. The van der Waals surface area contributed by atoms with Crippen molar-refractivity contribution in [1.82, 2.24) is 4.90 Å². The van der Waals surface area contributed by atoms with Crippen LogP contribution in [-0.4, -0.2) is 64.6 Å². The van der Waals surface area contributed by atoms with Crippen LogP contribution in [0.5, 0.6) is 0 Å². The Hall–Kier alpha value is -2.07. The third-order valence-electron chi connectivity index (χ3n) is 3.80. The maximum Gasteiger partial charge on any atom is 0.411 e. The van der Waals surface area contributed by atoms with Crippen LogP contribution >= 0.6 is 0 Å². The second kappa shape index (κ2) is 7.89. The van der Waals surface area contributed by atoms with Crippen LogP contribution in [0.1, 0.15) is 27.2 Å². The summed E-state index contributed by atoms with van der Waals surface area (Å²) in [5.74, 6) is -0.670. The van der Waals surface area contributed by atoms with Gasteiger partial charge in [-0.3, -0.25) is 9.08 Å². The monoisotopic (exact) mass is 395 g/mol. The van der Waals surface area contributed by atoms with E-state index in [2.05, 4.69) is 0 Å². The molecule has 0 aliphatic carbocycles. The average Bonchev–Trinajstić information content (AvgIpc) is 2.96. The molecule has 2 atom stereocenters. The number of carbonyl (C=O) groups excluding carboxylic acids is 2. The zero-order valence-corrected chi connectivity index (χ0v) is 16.5. The highest BCUT2D eigenvalue weighted by molar-refractivity contribution is 7.86. The van der Waals surface area contributed by atoms with Gasteiger partial charge in [0.25, 0.3) is 10.1 Å². The summed E-state index contributed by atoms with van der Waals surface area (Å²) >= 11 is 0. The summed E-state index contributed by atoms with van der Waals surface area (Å²) in [5, 5.41) is 0. The highest BCUT2D eigenvalue weighted by Gasteiger charge is 2.44. The number of likely N-dealkylation sites (tertiary alicyclic amines) is 1. The molecule has 1 heterocycles. The van der Waals surface area contributed by atoms with E-state index < -0.39 is 39.9 Å². The molecule has 0 saturated carbocycles. The van der Waals surface area contributed by atoms with E-state index in [9.17, 15) is 18.0 Å². The van der Waals surface area contributed by atoms with E-state index in [1.807, 2.05) is 0 Å². The van der Waals surface area contributed by atoms with Crippen molar-refractivity contribution in [3.05, 3.63) is 24.3 Å². The lowest BCUT2D eigenvalue weighted by Gasteiger charge is -2.27. The Balaban J connectivity index is 2.18. The molecular formula is C17H22BNO7S. The molecule has 2 rings (SSSR count). The van der Waals surface area contributed by atoms with Gasteiger partial charge in [0.1, 0.15) is 19.5 Å². The summed E-state index contributed by atoms with van der Waals surface area (Å²) in [6, 6.07) is 4.53. The van der Waals surface area contributed by atoms with Crippen LogP contribution in [0.3, 0.4) is 0 Å². The summed E-state index contributed by atoms with van der Waals surface area (Å²) in [4.78, 5) is 25.5. The summed E-state index contributed by atoms with van der Waals surface area (Å²) in [5.41, 5.74) is -0.358. The van der Waals surface area contributed by atoms with Gasteiger partial charge in [0.2, 0.25) is 0 Å². The molecule has 1 aliphatic heterocycles. The molecule has 10 heteroatoms. The number of ether oxygens (including phenoxy) is 2. The molecule has 1 aromatic rings. The summed E-state index contributed by atoms with van der Waals surface area (Å²) in [6.07, 6.45) is -1.68. The molecule has 1 amide bonds. The molecular weight excluding hydrogens is 373 g/mol. The van der Waals surface area contributed by atoms with Gasteiger partial charge in [-0.25, -0.2) is 9.59 Å². The third-order valence-corrected chi connectivity index (χ3v) is 5.17. The topological polar surface area (TPSA) is 99.2 Å². The number of benzene rings is 1. The number of methoxy groups -OCH3 is 1. The van der Waals surface area contributed by atoms with Crippen LogP contribution in [0.4, 0.5) is 4.79 Å². The number of esters is 1. The summed E-state index contributed by atoms with van der Waals surface area (Å²) in [7, 11) is 2.66. The van der Waals surface area contributed by atoms with Crippen molar-refractivity contribution in [2.75, 3.05) is 13.7 Å². The molecule has 0 aromatic heterocycles. The highest BCUT2D eigenvalue weighted by atomic mass is 32.2. The first kappa shape index (κ1) is 21.2. The maximum absolute atomic E-state index is 12.4. The van der Waals surface area contributed by atoms with Crippen LogP contribution in [0, 0.1) is 0 Å². The largest absolute Gasteiger partial charge is 0.467 e. The molecule has 27 heavy (non-hydrogen) atoms. The molecule has 146 valence electrons. The zero-order valence-electron chi connectivity index (χ0n) is 15.7. The fraction of sp³-hybridized carbons (Fsp3) is 0.529. The lowest BCUT2D eigenvalue weighted by atomic mass is 9.97. The quantitative estimate of drug-likeness (QED) is 0.421. The van der Waals surface area contributed by atoms with E-state index in [1.165, 1.54) is 31.4 Å². The van der Waals surface area contributed by atoms with Gasteiger partial charge in [0, 0.05) is 6.42 Å². The standard InChI is InChI=1S/C17H22BNO7S/c1-17(2,3)25-16(21)19-10-12(9-14(19)15(20)24-4)26-27(22,23)13-7-5-11(18)6-8-13/h5-8,12,14H,9-10H2,1-4H3/t12-,14-/m0/s1. The molecule has 0 N–H and O–H groups in total. The number of nitrogens with zero attached hydrogens (tertiary/aromatic N) is 1. The van der Waals surface area contributed by atoms with Gasteiger partial charge < -0.3 is 9.47 Å². The Kier molecular flexibility index (Phi) is 6.21. The van der Waals surface area contributed by atoms with Crippen LogP contribution in [-0.2, 0) is 28.6 Å². The van der Waals surface area contributed by atoms with Gasteiger partial charge in [0.05, 0.1) is 24.7 Å². The Morgan fingerprint density at radius 1 is 1.19 bits per heavy atom. The van der Waals surface area contributed by atoms with Crippen molar-refractivity contribution in [3.8, 4) is 0 Å². The fourth-order valence-electron chi connectivity index (χ4n) is 2.62. The SMILES string of the molecule is [B]c1ccc(S(=O)(=O)O[C@H]2C[C@@H](C(=O)OC)N(C(=O)OC(C)(C)C)C2)cc1. The van der Waals surface area contributed by atoms with Gasteiger partial charge >= 0.3 is 12.1 Å². The Bertz CT molecular complexity index is 802. The van der Waals surface area contributed by atoms with Crippen LogP contribution < -0.4 is 5.46 Å². The fourth-order valence-corrected chi connectivity index (χ4v) is 3.70. The van der Waals surface area contributed by atoms with Crippen LogP contribution in [0.25, 0.3) is 0 Å². The molecule has 2 radical (unpaired) electrons. The summed E-state index contributed by atoms with van der Waals surface area (Å²) < 4.78 is 40.1. The van der Waals surface area contributed by atoms with E-state index >= 15 is 0 Å². The Morgan fingerprint density at radius 2 is 1.78 bits per heavy atom. The van der Waals surface area contributed by atoms with Gasteiger partial charge in [-0.1, -0.05) is 17.6 Å². The molecule has 1 aliphatic rings. The van der Waals surface area contributed by atoms with Crippen molar-refractivity contribution >= 4 is 35.5 Å². The van der Waals surface area contributed by atoms with Crippen LogP contribution in [0.2, 0.25) is 0 Å². The number of hydrogen-bond donors (Lipinski definition) is 0. The minimum atomic E-state index is -4.09. The van der Waals surface area contributed by atoms with Crippen molar-refractivity contribution in [3.63, 3.8) is 0 Å². The number of carbonyl (C=O) groups is 2. The Labute approximate surface area is 160 Å². The molecule has 0 spiro atoms. The minimum Gasteiger partial charge on any atom is -0.467 e. The van der Waals surface area contributed by atoms with E-state index in [4.69, 9.17) is 21.5 Å². The minimum absolute atomic E-state index is 0.0277. The maximum atomic E-state index is 12.4. The summed E-state index contributed by atoms with van der Waals surface area (Å²) in [6.45, 7) is 4.94.